The highest BCUT2D eigenvalue weighted by Crippen LogP contribution is 2.28. The number of ether oxygens (including phenoxy) is 1. The van der Waals surface area contributed by atoms with E-state index in [0.29, 0.717) is 24.4 Å². The third-order valence-electron chi connectivity index (χ3n) is 4.63. The van der Waals surface area contributed by atoms with E-state index in [4.69, 9.17) is 9.15 Å². The zero-order valence-corrected chi connectivity index (χ0v) is 15.9. The lowest BCUT2D eigenvalue weighted by Gasteiger charge is -2.19. The second-order valence-corrected chi connectivity index (χ2v) is 6.55. The van der Waals surface area contributed by atoms with Crippen molar-refractivity contribution in [3.8, 4) is 0 Å². The van der Waals surface area contributed by atoms with Crippen molar-refractivity contribution in [1.29, 1.82) is 0 Å². The Hall–Kier alpha value is -3.13. The Morgan fingerprint density at radius 1 is 1.29 bits per heavy atom. The first-order valence-corrected chi connectivity index (χ1v) is 9.06. The SMILES string of the molecule is CO[C@@H](CNC(=O)C(=O)Nc1ccc(C)c(N2CCCC2=O)c1)c1ccco1. The molecule has 148 valence electrons. The number of carbonyl (C=O) groups excluding carboxylic acids is 3. The van der Waals surface area contributed by atoms with Crippen LogP contribution in [0.2, 0.25) is 0 Å². The molecule has 8 nitrogen and oxygen atoms in total. The van der Waals surface area contributed by atoms with Gasteiger partial charge in [-0.3, -0.25) is 14.4 Å². The summed E-state index contributed by atoms with van der Waals surface area (Å²) >= 11 is 0. The third-order valence-corrected chi connectivity index (χ3v) is 4.63. The normalized spacial score (nSPS) is 14.8. The highest BCUT2D eigenvalue weighted by molar-refractivity contribution is 6.39. The molecular weight excluding hydrogens is 362 g/mol. The molecule has 1 aliphatic rings. The summed E-state index contributed by atoms with van der Waals surface area (Å²) in [5.74, 6) is -0.959. The van der Waals surface area contributed by atoms with E-state index in [1.165, 1.54) is 13.4 Å². The van der Waals surface area contributed by atoms with Gasteiger partial charge in [0.1, 0.15) is 11.9 Å². The summed E-state index contributed by atoms with van der Waals surface area (Å²) in [6.45, 7) is 2.65. The summed E-state index contributed by atoms with van der Waals surface area (Å²) in [7, 11) is 1.49. The Balaban J connectivity index is 1.61. The summed E-state index contributed by atoms with van der Waals surface area (Å²) in [5.41, 5.74) is 2.13. The summed E-state index contributed by atoms with van der Waals surface area (Å²) in [4.78, 5) is 38.0. The molecule has 0 spiro atoms. The van der Waals surface area contributed by atoms with Crippen LogP contribution < -0.4 is 15.5 Å². The highest BCUT2D eigenvalue weighted by atomic mass is 16.5. The molecular formula is C20H23N3O5. The molecule has 0 unspecified atom stereocenters. The molecule has 1 fully saturated rings. The quantitative estimate of drug-likeness (QED) is 0.742. The van der Waals surface area contributed by atoms with Crippen LogP contribution in [-0.2, 0) is 19.1 Å². The number of carbonyl (C=O) groups is 3. The molecule has 0 bridgehead atoms. The van der Waals surface area contributed by atoms with E-state index in [9.17, 15) is 14.4 Å². The minimum absolute atomic E-state index is 0.0628. The van der Waals surface area contributed by atoms with Crippen LogP contribution >= 0.6 is 0 Å². The van der Waals surface area contributed by atoms with Gasteiger partial charge in [-0.15, -0.1) is 0 Å². The summed E-state index contributed by atoms with van der Waals surface area (Å²) in [6.07, 6.45) is 2.36. The van der Waals surface area contributed by atoms with Crippen molar-refractivity contribution in [2.45, 2.75) is 25.9 Å². The lowest BCUT2D eigenvalue weighted by Crippen LogP contribution is -2.38. The zero-order valence-electron chi connectivity index (χ0n) is 15.9. The highest BCUT2D eigenvalue weighted by Gasteiger charge is 2.24. The van der Waals surface area contributed by atoms with Crippen LogP contribution in [0.3, 0.4) is 0 Å². The number of hydrogen-bond acceptors (Lipinski definition) is 5. The minimum atomic E-state index is -0.795. The van der Waals surface area contributed by atoms with Gasteiger partial charge in [0.25, 0.3) is 0 Å². The first kappa shape index (κ1) is 19.6. The van der Waals surface area contributed by atoms with Gasteiger partial charge in [0.2, 0.25) is 5.91 Å². The van der Waals surface area contributed by atoms with Crippen LogP contribution in [0, 0.1) is 6.92 Å². The van der Waals surface area contributed by atoms with Gasteiger partial charge in [-0.2, -0.15) is 0 Å². The maximum absolute atomic E-state index is 12.2. The molecule has 1 saturated heterocycles. The summed E-state index contributed by atoms with van der Waals surface area (Å²) in [6, 6.07) is 8.67. The Bertz CT molecular complexity index is 863. The van der Waals surface area contributed by atoms with Gasteiger partial charge < -0.3 is 24.7 Å². The van der Waals surface area contributed by atoms with Crippen molar-refractivity contribution < 1.29 is 23.5 Å². The van der Waals surface area contributed by atoms with Crippen LogP contribution in [0.25, 0.3) is 0 Å². The molecule has 2 heterocycles. The van der Waals surface area contributed by atoms with Crippen molar-refractivity contribution >= 4 is 29.1 Å². The van der Waals surface area contributed by atoms with Gasteiger partial charge in [0.05, 0.1) is 12.8 Å². The topological polar surface area (TPSA) is 101 Å². The molecule has 28 heavy (non-hydrogen) atoms. The number of hydrogen-bond donors (Lipinski definition) is 2. The number of benzene rings is 1. The van der Waals surface area contributed by atoms with Crippen molar-refractivity contribution in [2.75, 3.05) is 30.4 Å². The second kappa shape index (κ2) is 8.71. The number of rotatable bonds is 6. The lowest BCUT2D eigenvalue weighted by atomic mass is 10.1. The van der Waals surface area contributed by atoms with Crippen molar-refractivity contribution in [3.63, 3.8) is 0 Å². The van der Waals surface area contributed by atoms with Crippen LogP contribution in [0.5, 0.6) is 0 Å². The molecule has 8 heteroatoms. The number of aryl methyl sites for hydroxylation is 1. The van der Waals surface area contributed by atoms with Gasteiger partial charge in [0, 0.05) is 31.5 Å². The van der Waals surface area contributed by atoms with E-state index in [2.05, 4.69) is 10.6 Å². The average Bonchev–Trinajstić information content (AvgIpc) is 3.35. The number of amides is 3. The molecule has 0 aliphatic carbocycles. The Morgan fingerprint density at radius 3 is 2.75 bits per heavy atom. The van der Waals surface area contributed by atoms with Gasteiger partial charge in [0.15, 0.2) is 0 Å². The first-order chi connectivity index (χ1) is 13.5. The van der Waals surface area contributed by atoms with Crippen LogP contribution in [0.1, 0.15) is 30.3 Å². The molecule has 0 radical (unpaired) electrons. The molecule has 2 N–H and O–H groups in total. The molecule has 1 aromatic carbocycles. The Labute approximate surface area is 162 Å². The maximum Gasteiger partial charge on any atom is 0.313 e. The molecule has 3 rings (SSSR count). The molecule has 0 saturated carbocycles. The largest absolute Gasteiger partial charge is 0.467 e. The fourth-order valence-electron chi connectivity index (χ4n) is 3.11. The molecule has 1 atom stereocenters. The van der Waals surface area contributed by atoms with E-state index in [0.717, 1.165) is 17.7 Å². The summed E-state index contributed by atoms with van der Waals surface area (Å²) in [5, 5.41) is 5.10. The number of furan rings is 1. The van der Waals surface area contributed by atoms with Gasteiger partial charge in [-0.25, -0.2) is 0 Å². The number of nitrogens with one attached hydrogen (secondary N) is 2. The van der Waals surface area contributed by atoms with Crippen molar-refractivity contribution in [2.24, 2.45) is 0 Å². The number of anilines is 2. The Morgan fingerprint density at radius 2 is 2.11 bits per heavy atom. The molecule has 3 amide bonds. The maximum atomic E-state index is 12.2. The first-order valence-electron chi connectivity index (χ1n) is 9.06. The minimum Gasteiger partial charge on any atom is -0.467 e. The fraction of sp³-hybridized carbons (Fsp3) is 0.350. The van der Waals surface area contributed by atoms with E-state index < -0.39 is 17.9 Å². The van der Waals surface area contributed by atoms with Crippen LogP contribution in [-0.4, -0.2) is 37.9 Å². The monoisotopic (exact) mass is 385 g/mol. The van der Waals surface area contributed by atoms with Crippen molar-refractivity contribution in [3.05, 3.63) is 47.9 Å². The fourth-order valence-corrected chi connectivity index (χ4v) is 3.11. The third kappa shape index (κ3) is 4.40. The predicted molar refractivity (Wildman–Crippen MR) is 103 cm³/mol. The zero-order chi connectivity index (χ0) is 20.1. The van der Waals surface area contributed by atoms with E-state index in [-0.39, 0.29) is 12.5 Å². The van der Waals surface area contributed by atoms with E-state index in [1.807, 2.05) is 13.0 Å². The van der Waals surface area contributed by atoms with E-state index in [1.54, 1.807) is 29.2 Å². The molecule has 1 aromatic heterocycles. The van der Waals surface area contributed by atoms with E-state index >= 15 is 0 Å². The summed E-state index contributed by atoms with van der Waals surface area (Å²) < 4.78 is 10.5. The molecule has 1 aliphatic heterocycles. The molecule has 2 aromatic rings. The van der Waals surface area contributed by atoms with Crippen LogP contribution in [0.4, 0.5) is 11.4 Å². The average molecular weight is 385 g/mol. The second-order valence-electron chi connectivity index (χ2n) is 6.55. The standard InChI is InChI=1S/C20H23N3O5/c1-13-7-8-14(11-15(13)23-9-3-6-18(23)24)22-20(26)19(25)21-12-17(27-2)16-5-4-10-28-16/h4-5,7-8,10-11,17H,3,6,9,12H2,1-2H3,(H,21,25)(H,22,26)/t17-/m0/s1. The van der Waals surface area contributed by atoms with Gasteiger partial charge >= 0.3 is 11.8 Å². The van der Waals surface area contributed by atoms with Crippen molar-refractivity contribution in [1.82, 2.24) is 5.32 Å². The smallest absolute Gasteiger partial charge is 0.313 e. The van der Waals surface area contributed by atoms with Gasteiger partial charge in [-0.1, -0.05) is 6.07 Å². The van der Waals surface area contributed by atoms with Crippen LogP contribution in [0.15, 0.2) is 41.0 Å². The Kier molecular flexibility index (Phi) is 6.10. The number of nitrogens with zero attached hydrogens (tertiary/aromatic N) is 1. The van der Waals surface area contributed by atoms with Gasteiger partial charge in [-0.05, 0) is 43.2 Å². The number of methoxy groups -OCH3 is 1. The predicted octanol–water partition coefficient (Wildman–Crippen LogP) is 2.16. The lowest BCUT2D eigenvalue weighted by molar-refractivity contribution is -0.136.